The van der Waals surface area contributed by atoms with Crippen molar-refractivity contribution in [1.82, 2.24) is 10.2 Å². The van der Waals surface area contributed by atoms with E-state index in [2.05, 4.69) is 10.2 Å². The number of hydrogen-bond acceptors (Lipinski definition) is 9. The van der Waals surface area contributed by atoms with Crippen molar-refractivity contribution in [3.05, 3.63) is 38.6 Å². The molecule has 2 rings (SSSR count). The van der Waals surface area contributed by atoms with E-state index in [4.69, 9.17) is 13.9 Å². The molecule has 1 N–H and O–H groups in total. The van der Waals surface area contributed by atoms with Crippen molar-refractivity contribution in [2.45, 2.75) is 18.6 Å². The number of nitro benzene ring substituents is 1. The van der Waals surface area contributed by atoms with Gasteiger partial charge in [-0.05, 0) is 17.8 Å². The molecule has 10 nitrogen and oxygen atoms in total. The normalized spacial score (nSPS) is 11.3. The van der Waals surface area contributed by atoms with Crippen molar-refractivity contribution in [3.8, 4) is 11.5 Å². The Balaban J connectivity index is 2.52. The number of thioether (sulfide) groups is 1. The smallest absolute Gasteiger partial charge is 0.342 e. The van der Waals surface area contributed by atoms with Crippen LogP contribution in [-0.2, 0) is 11.2 Å². The molecule has 0 aliphatic carbocycles. The topological polar surface area (TPSA) is 138 Å². The summed E-state index contributed by atoms with van der Waals surface area (Å²) in [7, 11) is 2.67. The van der Waals surface area contributed by atoms with E-state index in [9.17, 15) is 20.0 Å². The summed E-state index contributed by atoms with van der Waals surface area (Å²) in [6.07, 6.45) is 1.73. The van der Waals surface area contributed by atoms with Gasteiger partial charge in [0.1, 0.15) is 4.91 Å². The summed E-state index contributed by atoms with van der Waals surface area (Å²) in [6.45, 7) is 1.82. The number of hydrogen-bond donors (Lipinski definition) is 1. The zero-order valence-corrected chi connectivity index (χ0v) is 14.9. The van der Waals surface area contributed by atoms with E-state index in [1.165, 1.54) is 32.4 Å². The summed E-state index contributed by atoms with van der Waals surface area (Å²) >= 11 is 0.730. The number of ether oxygens (including phenoxy) is 2. The number of aliphatic carboxylic acids is 1. The van der Waals surface area contributed by atoms with Crippen molar-refractivity contribution in [1.29, 1.82) is 0 Å². The van der Waals surface area contributed by atoms with E-state index in [1.54, 1.807) is 0 Å². The van der Waals surface area contributed by atoms with Crippen LogP contribution in [0.15, 0.2) is 26.7 Å². The van der Waals surface area contributed by atoms with Gasteiger partial charge in [0.25, 0.3) is 10.9 Å². The molecule has 138 valence electrons. The second-order valence-corrected chi connectivity index (χ2v) is 5.75. The van der Waals surface area contributed by atoms with E-state index in [-0.39, 0.29) is 32.9 Å². The van der Waals surface area contributed by atoms with Gasteiger partial charge in [0, 0.05) is 18.1 Å². The van der Waals surface area contributed by atoms with Crippen LogP contribution in [-0.4, -0.2) is 40.4 Å². The van der Waals surface area contributed by atoms with Gasteiger partial charge in [0.05, 0.1) is 25.2 Å². The number of rotatable bonds is 8. The molecule has 0 saturated heterocycles. The molecule has 0 atom stereocenters. The summed E-state index contributed by atoms with van der Waals surface area (Å²) in [6, 6.07) is 2.38. The minimum Gasteiger partial charge on any atom is -0.493 e. The van der Waals surface area contributed by atoms with Crippen LogP contribution in [0.4, 0.5) is 5.69 Å². The SMILES string of the molecule is CCc1nnc(S/C(=C/c2cc([N+](=O)[O-])cc(OC)c2OC)C(=O)O)o1. The zero-order valence-electron chi connectivity index (χ0n) is 14.1. The van der Waals surface area contributed by atoms with Gasteiger partial charge in [-0.2, -0.15) is 0 Å². The van der Waals surface area contributed by atoms with Gasteiger partial charge < -0.3 is 19.0 Å². The largest absolute Gasteiger partial charge is 0.493 e. The molecule has 0 spiro atoms. The van der Waals surface area contributed by atoms with Gasteiger partial charge in [0.15, 0.2) is 11.5 Å². The highest BCUT2D eigenvalue weighted by Crippen LogP contribution is 2.38. The van der Waals surface area contributed by atoms with Crippen LogP contribution >= 0.6 is 11.8 Å². The van der Waals surface area contributed by atoms with Crippen LogP contribution in [0.25, 0.3) is 6.08 Å². The summed E-state index contributed by atoms with van der Waals surface area (Å²) in [5, 5.41) is 28.1. The maximum Gasteiger partial charge on any atom is 0.342 e. The van der Waals surface area contributed by atoms with Crippen LogP contribution in [0, 0.1) is 10.1 Å². The monoisotopic (exact) mass is 381 g/mol. The quantitative estimate of drug-likeness (QED) is 0.314. The van der Waals surface area contributed by atoms with E-state index in [1.807, 2.05) is 6.92 Å². The average Bonchev–Trinajstić information content (AvgIpc) is 3.07. The summed E-state index contributed by atoms with van der Waals surface area (Å²) in [5.74, 6) is -0.628. The highest BCUT2D eigenvalue weighted by atomic mass is 32.2. The van der Waals surface area contributed by atoms with Crippen LogP contribution in [0.1, 0.15) is 18.4 Å². The van der Waals surface area contributed by atoms with Gasteiger partial charge in [0.2, 0.25) is 5.89 Å². The molecule has 0 unspecified atom stereocenters. The Morgan fingerprint density at radius 2 is 2.12 bits per heavy atom. The van der Waals surface area contributed by atoms with Crippen molar-refractivity contribution in [3.63, 3.8) is 0 Å². The third-order valence-electron chi connectivity index (χ3n) is 3.15. The number of carboxylic acid groups (broad SMARTS) is 1. The number of methoxy groups -OCH3 is 2. The van der Waals surface area contributed by atoms with E-state index >= 15 is 0 Å². The van der Waals surface area contributed by atoms with Gasteiger partial charge in [-0.15, -0.1) is 10.2 Å². The Kier molecular flexibility index (Phi) is 6.17. The molecule has 1 heterocycles. The van der Waals surface area contributed by atoms with Crippen LogP contribution in [0.5, 0.6) is 11.5 Å². The number of carbonyl (C=O) groups is 1. The molecule has 0 fully saturated rings. The van der Waals surface area contributed by atoms with Crippen molar-refractivity contribution >= 4 is 29.5 Å². The number of benzene rings is 1. The number of nitrogens with zero attached hydrogens (tertiary/aromatic N) is 3. The number of aromatic nitrogens is 2. The molecule has 2 aromatic rings. The second-order valence-electron chi connectivity index (χ2n) is 4.76. The third-order valence-corrected chi connectivity index (χ3v) is 4.00. The summed E-state index contributed by atoms with van der Waals surface area (Å²) in [4.78, 5) is 21.9. The van der Waals surface area contributed by atoms with Crippen molar-refractivity contribution in [2.75, 3.05) is 14.2 Å². The molecular formula is C15H15N3O7S. The van der Waals surface area contributed by atoms with Crippen LogP contribution in [0.3, 0.4) is 0 Å². The average molecular weight is 381 g/mol. The second kappa shape index (κ2) is 8.34. The first-order valence-corrected chi connectivity index (χ1v) is 8.06. The van der Waals surface area contributed by atoms with E-state index in [0.29, 0.717) is 12.3 Å². The molecule has 11 heteroatoms. The zero-order chi connectivity index (χ0) is 19.3. The first kappa shape index (κ1) is 19.2. The molecule has 0 radical (unpaired) electrons. The van der Waals surface area contributed by atoms with Crippen LogP contribution in [0.2, 0.25) is 0 Å². The Morgan fingerprint density at radius 1 is 1.38 bits per heavy atom. The standard InChI is InChI=1S/C15H15N3O7S/c1-4-12-16-17-15(25-12)26-11(14(19)20)6-8-5-9(18(21)22)7-10(23-2)13(8)24-3/h5-7H,4H2,1-3H3,(H,19,20)/b11-6+. The highest BCUT2D eigenvalue weighted by Gasteiger charge is 2.20. The Morgan fingerprint density at radius 3 is 2.62 bits per heavy atom. The lowest BCUT2D eigenvalue weighted by Gasteiger charge is -2.11. The van der Waals surface area contributed by atoms with Crippen molar-refractivity contribution < 1.29 is 28.7 Å². The highest BCUT2D eigenvalue weighted by molar-refractivity contribution is 8.03. The number of nitro groups is 1. The minimum atomic E-state index is -1.27. The summed E-state index contributed by atoms with van der Waals surface area (Å²) < 4.78 is 15.6. The summed E-state index contributed by atoms with van der Waals surface area (Å²) in [5.41, 5.74) is -0.103. The van der Waals surface area contributed by atoms with Gasteiger partial charge in [-0.25, -0.2) is 4.79 Å². The fourth-order valence-electron chi connectivity index (χ4n) is 1.98. The van der Waals surface area contributed by atoms with E-state index in [0.717, 1.165) is 11.8 Å². The first-order valence-electron chi connectivity index (χ1n) is 7.25. The lowest BCUT2D eigenvalue weighted by molar-refractivity contribution is -0.385. The van der Waals surface area contributed by atoms with Gasteiger partial charge >= 0.3 is 5.97 Å². The van der Waals surface area contributed by atoms with E-state index < -0.39 is 10.9 Å². The molecular weight excluding hydrogens is 366 g/mol. The third kappa shape index (κ3) is 4.30. The predicted octanol–water partition coefficient (Wildman–Crippen LogP) is 2.78. The first-order chi connectivity index (χ1) is 12.4. The molecule has 0 bridgehead atoms. The maximum atomic E-state index is 11.6. The van der Waals surface area contributed by atoms with Gasteiger partial charge in [-0.1, -0.05) is 6.92 Å². The molecule has 26 heavy (non-hydrogen) atoms. The molecule has 1 aromatic heterocycles. The van der Waals surface area contributed by atoms with Crippen molar-refractivity contribution in [2.24, 2.45) is 0 Å². The number of aryl methyl sites for hydroxylation is 1. The fraction of sp³-hybridized carbons (Fsp3) is 0.267. The molecule has 0 aliphatic rings. The number of carboxylic acids is 1. The molecule has 1 aromatic carbocycles. The molecule has 0 amide bonds. The fourth-order valence-corrected chi connectivity index (χ4v) is 2.66. The lowest BCUT2D eigenvalue weighted by atomic mass is 10.1. The Labute approximate surface area is 152 Å². The Bertz CT molecular complexity index is 863. The minimum absolute atomic E-state index is 0.0480. The molecule has 0 saturated carbocycles. The van der Waals surface area contributed by atoms with Crippen LogP contribution < -0.4 is 9.47 Å². The molecule has 0 aliphatic heterocycles. The lowest BCUT2D eigenvalue weighted by Crippen LogP contribution is -2.00. The Hall–Kier alpha value is -3.08. The predicted molar refractivity (Wildman–Crippen MR) is 91.3 cm³/mol. The van der Waals surface area contributed by atoms with Gasteiger partial charge in [-0.3, -0.25) is 10.1 Å². The maximum absolute atomic E-state index is 11.6. The number of non-ortho nitro benzene ring substituents is 1.